The first kappa shape index (κ1) is 16.8. The number of hydrogen-bond acceptors (Lipinski definition) is 7. The number of hydrogen-bond donors (Lipinski definition) is 0. The number of amides is 1. The number of anilines is 1. The van der Waals surface area contributed by atoms with E-state index in [0.717, 1.165) is 38.5 Å². The SMILES string of the molecule is O=C(c1ccnnc1)N1CCC2(CC1)COCCN(c1ncccn1)C2. The van der Waals surface area contributed by atoms with Gasteiger partial charge in [-0.05, 0) is 25.0 Å². The van der Waals surface area contributed by atoms with Gasteiger partial charge in [0, 0.05) is 44.0 Å². The average molecular weight is 354 g/mol. The quantitative estimate of drug-likeness (QED) is 0.796. The minimum atomic E-state index is 0.0209. The number of rotatable bonds is 2. The van der Waals surface area contributed by atoms with Gasteiger partial charge in [-0.25, -0.2) is 9.97 Å². The number of likely N-dealkylation sites (tertiary alicyclic amines) is 1. The Kier molecular flexibility index (Phi) is 4.75. The molecular formula is C18H22N6O2. The molecule has 0 atom stereocenters. The zero-order valence-electron chi connectivity index (χ0n) is 14.6. The molecule has 0 aromatic carbocycles. The van der Waals surface area contributed by atoms with Gasteiger partial charge in [0.25, 0.3) is 5.91 Å². The molecule has 2 aromatic heterocycles. The average Bonchev–Trinajstić information content (AvgIpc) is 2.92. The monoisotopic (exact) mass is 354 g/mol. The van der Waals surface area contributed by atoms with Crippen molar-refractivity contribution in [1.29, 1.82) is 0 Å². The van der Waals surface area contributed by atoms with Gasteiger partial charge < -0.3 is 14.5 Å². The van der Waals surface area contributed by atoms with Gasteiger partial charge in [0.1, 0.15) is 0 Å². The molecule has 8 nitrogen and oxygen atoms in total. The third-order valence-corrected chi connectivity index (χ3v) is 5.22. The standard InChI is InChI=1S/C18H22N6O2/c25-16(15-2-7-21-22-12-15)23-8-3-18(4-9-23)13-24(10-11-26-14-18)17-19-5-1-6-20-17/h1-2,5-7,12H,3-4,8-11,13-14H2. The van der Waals surface area contributed by atoms with Crippen molar-refractivity contribution >= 4 is 11.9 Å². The summed E-state index contributed by atoms with van der Waals surface area (Å²) in [5, 5.41) is 7.54. The topological polar surface area (TPSA) is 84.3 Å². The molecule has 0 saturated carbocycles. The first-order valence-corrected chi connectivity index (χ1v) is 8.92. The van der Waals surface area contributed by atoms with Crippen molar-refractivity contribution in [1.82, 2.24) is 25.1 Å². The van der Waals surface area contributed by atoms with Crippen LogP contribution in [0.4, 0.5) is 5.95 Å². The first-order valence-electron chi connectivity index (χ1n) is 8.92. The molecule has 0 bridgehead atoms. The van der Waals surface area contributed by atoms with Crippen LogP contribution in [-0.4, -0.2) is 70.4 Å². The largest absolute Gasteiger partial charge is 0.379 e. The molecule has 136 valence electrons. The fourth-order valence-corrected chi connectivity index (χ4v) is 3.70. The van der Waals surface area contributed by atoms with E-state index in [4.69, 9.17) is 4.74 Å². The second-order valence-corrected chi connectivity index (χ2v) is 6.95. The Labute approximate surface area is 152 Å². The number of carbonyl (C=O) groups is 1. The summed E-state index contributed by atoms with van der Waals surface area (Å²) < 4.78 is 5.90. The minimum absolute atomic E-state index is 0.0209. The maximum absolute atomic E-state index is 12.6. The third kappa shape index (κ3) is 3.50. The Balaban J connectivity index is 1.44. The highest BCUT2D eigenvalue weighted by atomic mass is 16.5. The molecule has 4 rings (SSSR count). The molecule has 0 radical (unpaired) electrons. The number of carbonyl (C=O) groups excluding carboxylic acids is 1. The van der Waals surface area contributed by atoms with E-state index in [-0.39, 0.29) is 11.3 Å². The summed E-state index contributed by atoms with van der Waals surface area (Å²) in [4.78, 5) is 25.5. The predicted molar refractivity (Wildman–Crippen MR) is 94.7 cm³/mol. The molecule has 2 saturated heterocycles. The normalized spacial score (nSPS) is 20.0. The molecular weight excluding hydrogens is 332 g/mol. The molecule has 2 aromatic rings. The summed E-state index contributed by atoms with van der Waals surface area (Å²) in [6, 6.07) is 3.54. The van der Waals surface area contributed by atoms with Gasteiger partial charge >= 0.3 is 0 Å². The maximum atomic E-state index is 12.6. The van der Waals surface area contributed by atoms with E-state index in [9.17, 15) is 4.79 Å². The van der Waals surface area contributed by atoms with Crippen molar-refractivity contribution in [3.05, 3.63) is 42.5 Å². The van der Waals surface area contributed by atoms with Crippen LogP contribution in [0, 0.1) is 5.41 Å². The van der Waals surface area contributed by atoms with Crippen LogP contribution < -0.4 is 4.90 Å². The fraction of sp³-hybridized carbons (Fsp3) is 0.500. The van der Waals surface area contributed by atoms with E-state index < -0.39 is 0 Å². The van der Waals surface area contributed by atoms with E-state index in [2.05, 4.69) is 25.1 Å². The van der Waals surface area contributed by atoms with Gasteiger partial charge in [0.15, 0.2) is 0 Å². The van der Waals surface area contributed by atoms with Gasteiger partial charge in [-0.1, -0.05) is 0 Å². The van der Waals surface area contributed by atoms with Crippen LogP contribution in [0.2, 0.25) is 0 Å². The molecule has 1 spiro atoms. The van der Waals surface area contributed by atoms with Crippen LogP contribution in [0.3, 0.4) is 0 Å². The van der Waals surface area contributed by atoms with E-state index in [1.807, 2.05) is 11.0 Å². The zero-order chi connectivity index (χ0) is 17.8. The van der Waals surface area contributed by atoms with Crippen molar-refractivity contribution in [2.24, 2.45) is 5.41 Å². The van der Waals surface area contributed by atoms with Crippen LogP contribution in [0.5, 0.6) is 0 Å². The minimum Gasteiger partial charge on any atom is -0.379 e. The summed E-state index contributed by atoms with van der Waals surface area (Å²) >= 11 is 0. The lowest BCUT2D eigenvalue weighted by Gasteiger charge is -2.42. The highest BCUT2D eigenvalue weighted by Crippen LogP contribution is 2.35. The Morgan fingerprint density at radius 3 is 2.62 bits per heavy atom. The molecule has 1 amide bonds. The Morgan fingerprint density at radius 2 is 1.88 bits per heavy atom. The van der Waals surface area contributed by atoms with Crippen LogP contribution >= 0.6 is 0 Å². The van der Waals surface area contributed by atoms with Crippen molar-refractivity contribution in [3.63, 3.8) is 0 Å². The summed E-state index contributed by atoms with van der Waals surface area (Å²) in [5.41, 5.74) is 0.621. The van der Waals surface area contributed by atoms with Gasteiger partial charge in [-0.3, -0.25) is 4.79 Å². The first-order chi connectivity index (χ1) is 12.8. The number of ether oxygens (including phenoxy) is 1. The summed E-state index contributed by atoms with van der Waals surface area (Å²) in [5.74, 6) is 0.770. The molecule has 2 aliphatic rings. The van der Waals surface area contributed by atoms with Gasteiger partial charge in [-0.2, -0.15) is 10.2 Å². The summed E-state index contributed by atoms with van der Waals surface area (Å²) in [6.45, 7) is 4.47. The van der Waals surface area contributed by atoms with Crippen molar-refractivity contribution in [3.8, 4) is 0 Å². The van der Waals surface area contributed by atoms with E-state index >= 15 is 0 Å². The number of aromatic nitrogens is 4. The zero-order valence-corrected chi connectivity index (χ0v) is 14.6. The third-order valence-electron chi connectivity index (χ3n) is 5.22. The molecule has 0 unspecified atom stereocenters. The lowest BCUT2D eigenvalue weighted by molar-refractivity contribution is 0.0207. The molecule has 0 aliphatic carbocycles. The van der Waals surface area contributed by atoms with Crippen molar-refractivity contribution in [2.75, 3.05) is 44.3 Å². The Hall–Kier alpha value is -2.61. The van der Waals surface area contributed by atoms with Crippen molar-refractivity contribution < 1.29 is 9.53 Å². The smallest absolute Gasteiger partial charge is 0.255 e. The molecule has 2 fully saturated rings. The van der Waals surface area contributed by atoms with Gasteiger partial charge in [0.2, 0.25) is 5.95 Å². The van der Waals surface area contributed by atoms with E-state index in [1.54, 1.807) is 24.7 Å². The van der Waals surface area contributed by atoms with Gasteiger partial charge in [0.05, 0.1) is 31.2 Å². The molecule has 26 heavy (non-hydrogen) atoms. The van der Waals surface area contributed by atoms with Crippen LogP contribution in [-0.2, 0) is 4.74 Å². The molecule has 4 heterocycles. The second-order valence-electron chi connectivity index (χ2n) is 6.95. The van der Waals surface area contributed by atoms with Crippen molar-refractivity contribution in [2.45, 2.75) is 12.8 Å². The highest BCUT2D eigenvalue weighted by molar-refractivity contribution is 5.93. The van der Waals surface area contributed by atoms with Gasteiger partial charge in [-0.15, -0.1) is 0 Å². The number of piperidine rings is 1. The Bertz CT molecular complexity index is 734. The summed E-state index contributed by atoms with van der Waals surface area (Å²) in [6.07, 6.45) is 8.42. The maximum Gasteiger partial charge on any atom is 0.255 e. The number of nitrogens with zero attached hydrogens (tertiary/aromatic N) is 6. The van der Waals surface area contributed by atoms with E-state index in [0.29, 0.717) is 25.3 Å². The second kappa shape index (κ2) is 7.33. The lowest BCUT2D eigenvalue weighted by atomic mass is 9.78. The Morgan fingerprint density at radius 1 is 1.08 bits per heavy atom. The highest BCUT2D eigenvalue weighted by Gasteiger charge is 2.39. The van der Waals surface area contributed by atoms with Crippen LogP contribution in [0.15, 0.2) is 36.9 Å². The molecule has 2 aliphatic heterocycles. The molecule has 8 heteroatoms. The van der Waals surface area contributed by atoms with Crippen LogP contribution in [0.1, 0.15) is 23.2 Å². The predicted octanol–water partition coefficient (Wildman–Crippen LogP) is 1.03. The van der Waals surface area contributed by atoms with Crippen LogP contribution in [0.25, 0.3) is 0 Å². The van der Waals surface area contributed by atoms with E-state index in [1.165, 1.54) is 6.20 Å². The molecule has 0 N–H and O–H groups in total. The lowest BCUT2D eigenvalue weighted by Crippen LogP contribution is -2.49. The summed E-state index contributed by atoms with van der Waals surface area (Å²) in [7, 11) is 0. The fourth-order valence-electron chi connectivity index (χ4n) is 3.70.